The molecule has 2 aromatic rings. The molecule has 0 aliphatic rings. The Hall–Kier alpha value is -3.08. The van der Waals surface area contributed by atoms with Gasteiger partial charge in [0.2, 0.25) is 0 Å². The van der Waals surface area contributed by atoms with Crippen molar-refractivity contribution in [2.24, 2.45) is 5.73 Å². The first-order chi connectivity index (χ1) is 15.4. The van der Waals surface area contributed by atoms with Crippen molar-refractivity contribution in [2.45, 2.75) is 11.8 Å². The number of carbonyl (C=O) groups is 1. The van der Waals surface area contributed by atoms with E-state index in [-0.39, 0.29) is 11.5 Å². The minimum absolute atomic E-state index is 0.123. The van der Waals surface area contributed by atoms with E-state index in [0.717, 1.165) is 0 Å². The molecule has 0 heterocycles. The van der Waals surface area contributed by atoms with Gasteiger partial charge in [0.15, 0.2) is 11.5 Å². The van der Waals surface area contributed by atoms with Gasteiger partial charge in [-0.2, -0.15) is 0 Å². The van der Waals surface area contributed by atoms with E-state index in [1.54, 1.807) is 36.4 Å². The monoisotopic (exact) mass is 465 g/mol. The predicted octanol–water partition coefficient (Wildman–Crippen LogP) is 1.87. The summed E-state index contributed by atoms with van der Waals surface area (Å²) in [5.41, 5.74) is 6.74. The van der Waals surface area contributed by atoms with Crippen molar-refractivity contribution in [3.8, 4) is 28.7 Å². The van der Waals surface area contributed by atoms with Crippen molar-refractivity contribution in [1.29, 1.82) is 0 Å². The maximum absolute atomic E-state index is 12.7. The van der Waals surface area contributed by atoms with E-state index in [0.29, 0.717) is 34.1 Å². The average molecular weight is 466 g/mol. The second kappa shape index (κ2) is 12.1. The minimum atomic E-state index is -1.41. The SMILES string of the molecule is COc1cc(OC)c(C=C[S@](=O)Cc2ccc(OC)c(OC(=O)C(N)CO)c2)c(OC)c1. The van der Waals surface area contributed by atoms with Gasteiger partial charge in [-0.3, -0.25) is 4.21 Å². The molecule has 0 aromatic heterocycles. The van der Waals surface area contributed by atoms with Crippen molar-refractivity contribution in [3.05, 3.63) is 46.9 Å². The van der Waals surface area contributed by atoms with E-state index in [4.69, 9.17) is 34.5 Å². The molecule has 2 atom stereocenters. The van der Waals surface area contributed by atoms with Crippen LogP contribution in [0.3, 0.4) is 0 Å². The van der Waals surface area contributed by atoms with Crippen LogP contribution < -0.4 is 29.4 Å². The summed E-state index contributed by atoms with van der Waals surface area (Å²) >= 11 is 0. The maximum atomic E-state index is 12.7. The van der Waals surface area contributed by atoms with E-state index in [1.807, 2.05) is 0 Å². The van der Waals surface area contributed by atoms with Crippen LogP contribution in [0.2, 0.25) is 0 Å². The first-order valence-corrected chi connectivity index (χ1v) is 10.8. The van der Waals surface area contributed by atoms with Gasteiger partial charge in [-0.1, -0.05) is 6.07 Å². The molecule has 1 unspecified atom stereocenters. The third-order valence-electron chi connectivity index (χ3n) is 4.39. The van der Waals surface area contributed by atoms with E-state index in [1.165, 1.54) is 33.8 Å². The van der Waals surface area contributed by atoms with Crippen molar-refractivity contribution >= 4 is 22.8 Å². The lowest BCUT2D eigenvalue weighted by molar-refractivity contribution is -0.136. The number of methoxy groups -OCH3 is 4. The minimum Gasteiger partial charge on any atom is -0.496 e. The first kappa shape index (κ1) is 25.2. The van der Waals surface area contributed by atoms with Crippen LogP contribution in [0.5, 0.6) is 28.7 Å². The molecule has 0 spiro atoms. The number of aliphatic hydroxyl groups excluding tert-OH is 1. The molecule has 10 heteroatoms. The quantitative estimate of drug-likeness (QED) is 0.378. The maximum Gasteiger partial charge on any atom is 0.330 e. The molecule has 0 bridgehead atoms. The third-order valence-corrected chi connectivity index (χ3v) is 5.44. The Labute approximate surface area is 189 Å². The van der Waals surface area contributed by atoms with Gasteiger partial charge in [0.1, 0.15) is 23.3 Å². The third kappa shape index (κ3) is 6.46. The number of nitrogens with two attached hydrogens (primary N) is 1. The molecule has 2 rings (SSSR count). The van der Waals surface area contributed by atoms with Crippen LogP contribution in [0.1, 0.15) is 11.1 Å². The Morgan fingerprint density at radius 1 is 1.00 bits per heavy atom. The molecule has 32 heavy (non-hydrogen) atoms. The van der Waals surface area contributed by atoms with Crippen LogP contribution in [0.4, 0.5) is 0 Å². The zero-order valence-electron chi connectivity index (χ0n) is 18.3. The van der Waals surface area contributed by atoms with E-state index in [9.17, 15) is 9.00 Å². The fourth-order valence-electron chi connectivity index (χ4n) is 2.70. The van der Waals surface area contributed by atoms with Gasteiger partial charge < -0.3 is 34.5 Å². The summed E-state index contributed by atoms with van der Waals surface area (Å²) in [4.78, 5) is 11.9. The van der Waals surface area contributed by atoms with E-state index < -0.39 is 29.4 Å². The zero-order chi connectivity index (χ0) is 23.7. The van der Waals surface area contributed by atoms with Crippen LogP contribution in [0.15, 0.2) is 35.7 Å². The average Bonchev–Trinajstić information content (AvgIpc) is 2.81. The van der Waals surface area contributed by atoms with Crippen LogP contribution in [-0.4, -0.2) is 56.4 Å². The Bertz CT molecular complexity index is 967. The van der Waals surface area contributed by atoms with Crippen LogP contribution >= 0.6 is 0 Å². The summed E-state index contributed by atoms with van der Waals surface area (Å²) in [6, 6.07) is 7.08. The largest absolute Gasteiger partial charge is 0.496 e. The number of rotatable bonds is 11. The normalized spacial score (nSPS) is 12.8. The number of hydrogen-bond acceptors (Lipinski definition) is 9. The summed E-state index contributed by atoms with van der Waals surface area (Å²) in [6.45, 7) is -0.548. The van der Waals surface area contributed by atoms with Gasteiger partial charge in [0.25, 0.3) is 0 Å². The molecule has 0 radical (unpaired) electrons. The lowest BCUT2D eigenvalue weighted by Gasteiger charge is -2.13. The summed E-state index contributed by atoms with van der Waals surface area (Å²) in [5.74, 6) is 1.36. The number of esters is 1. The van der Waals surface area contributed by atoms with E-state index in [2.05, 4.69) is 0 Å². The Morgan fingerprint density at radius 3 is 2.16 bits per heavy atom. The van der Waals surface area contributed by atoms with Crippen LogP contribution in [0.25, 0.3) is 6.08 Å². The molecule has 174 valence electrons. The van der Waals surface area contributed by atoms with E-state index >= 15 is 0 Å². The highest BCUT2D eigenvalue weighted by Crippen LogP contribution is 2.35. The molecule has 0 amide bonds. The standard InChI is InChI=1S/C22H27NO8S/c1-27-15-10-19(29-3)16(20(11-15)30-4)7-8-32(26)13-14-5-6-18(28-2)21(9-14)31-22(25)17(23)12-24/h5-11,17,24H,12-13,23H2,1-4H3/t17?,32-/m0/s1. The van der Waals surface area contributed by atoms with Gasteiger partial charge in [0.05, 0.1) is 57.2 Å². The fraction of sp³-hybridized carbons (Fsp3) is 0.318. The highest BCUT2D eigenvalue weighted by Gasteiger charge is 2.18. The summed E-state index contributed by atoms with van der Waals surface area (Å²) < 4.78 is 39.1. The second-order valence-corrected chi connectivity index (χ2v) is 7.79. The molecule has 0 fully saturated rings. The van der Waals surface area contributed by atoms with Crippen molar-refractivity contribution in [1.82, 2.24) is 0 Å². The van der Waals surface area contributed by atoms with Crippen LogP contribution in [-0.2, 0) is 21.3 Å². The molecule has 0 aliphatic heterocycles. The lowest BCUT2D eigenvalue weighted by atomic mass is 10.1. The fourth-order valence-corrected chi connectivity index (χ4v) is 3.59. The smallest absolute Gasteiger partial charge is 0.330 e. The predicted molar refractivity (Wildman–Crippen MR) is 121 cm³/mol. The number of aliphatic hydroxyl groups is 1. The zero-order valence-corrected chi connectivity index (χ0v) is 19.1. The number of benzene rings is 2. The van der Waals surface area contributed by atoms with Crippen molar-refractivity contribution < 1.29 is 37.8 Å². The molecule has 0 saturated carbocycles. The first-order valence-electron chi connectivity index (χ1n) is 9.47. The molecule has 0 saturated heterocycles. The molecular formula is C22H27NO8S. The Morgan fingerprint density at radius 2 is 1.62 bits per heavy atom. The van der Waals surface area contributed by atoms with Crippen molar-refractivity contribution in [3.63, 3.8) is 0 Å². The van der Waals surface area contributed by atoms with Gasteiger partial charge in [-0.15, -0.1) is 0 Å². The Kier molecular flexibility index (Phi) is 9.51. The molecule has 3 N–H and O–H groups in total. The summed E-state index contributed by atoms with van der Waals surface area (Å²) in [5, 5.41) is 10.5. The highest BCUT2D eigenvalue weighted by atomic mass is 32.2. The molecule has 0 aliphatic carbocycles. The summed E-state index contributed by atoms with van der Waals surface area (Å²) in [7, 11) is 4.59. The lowest BCUT2D eigenvalue weighted by Crippen LogP contribution is -2.37. The number of hydrogen-bond donors (Lipinski definition) is 2. The van der Waals surface area contributed by atoms with Crippen molar-refractivity contribution in [2.75, 3.05) is 35.0 Å². The molecular weight excluding hydrogens is 438 g/mol. The van der Waals surface area contributed by atoms with Gasteiger partial charge in [0, 0.05) is 17.5 Å². The topological polar surface area (TPSA) is 127 Å². The van der Waals surface area contributed by atoms with Gasteiger partial charge in [-0.05, 0) is 23.8 Å². The van der Waals surface area contributed by atoms with Gasteiger partial charge in [-0.25, -0.2) is 4.79 Å². The number of carbonyl (C=O) groups excluding carboxylic acids is 1. The molecule has 9 nitrogen and oxygen atoms in total. The summed E-state index contributed by atoms with van der Waals surface area (Å²) in [6.07, 6.45) is 1.65. The van der Waals surface area contributed by atoms with Gasteiger partial charge >= 0.3 is 5.97 Å². The highest BCUT2D eigenvalue weighted by molar-refractivity contribution is 7.87. The molecule has 2 aromatic carbocycles. The number of ether oxygens (including phenoxy) is 5. The second-order valence-electron chi connectivity index (χ2n) is 6.47. The Balaban J connectivity index is 2.22. The van der Waals surface area contributed by atoms with Crippen LogP contribution in [0, 0.1) is 0 Å².